The molecule has 0 bridgehead atoms. The highest BCUT2D eigenvalue weighted by molar-refractivity contribution is 14.1. The standard InChI is InChI=1S/C18H21IN2O3/c1-12(2)21(11-13-6-5-7-20-10-13)18(22)14-8-16(23-3)17(24-4)9-15(14)19/h5-10,12H,11H2,1-4H3. The van der Waals surface area contributed by atoms with E-state index in [2.05, 4.69) is 27.6 Å². The van der Waals surface area contributed by atoms with E-state index in [1.54, 1.807) is 32.7 Å². The third kappa shape index (κ3) is 4.17. The van der Waals surface area contributed by atoms with Crippen LogP contribution in [0.15, 0.2) is 36.7 Å². The fourth-order valence-electron chi connectivity index (χ4n) is 2.35. The molecule has 0 aliphatic rings. The summed E-state index contributed by atoms with van der Waals surface area (Å²) < 4.78 is 11.4. The summed E-state index contributed by atoms with van der Waals surface area (Å²) in [5.74, 6) is 1.12. The molecular formula is C18H21IN2O3. The van der Waals surface area contributed by atoms with Gasteiger partial charge >= 0.3 is 0 Å². The summed E-state index contributed by atoms with van der Waals surface area (Å²) in [5.41, 5.74) is 1.60. The highest BCUT2D eigenvalue weighted by Crippen LogP contribution is 2.32. The van der Waals surface area contributed by atoms with Gasteiger partial charge in [0.05, 0.1) is 19.8 Å². The highest BCUT2D eigenvalue weighted by atomic mass is 127. The molecule has 5 nitrogen and oxygen atoms in total. The maximum atomic E-state index is 13.1. The fourth-order valence-corrected chi connectivity index (χ4v) is 3.02. The second-order valence-corrected chi connectivity index (χ2v) is 6.74. The van der Waals surface area contributed by atoms with Crippen LogP contribution in [0.3, 0.4) is 0 Å². The average Bonchev–Trinajstić information content (AvgIpc) is 2.59. The molecular weight excluding hydrogens is 419 g/mol. The summed E-state index contributed by atoms with van der Waals surface area (Å²) in [6.07, 6.45) is 3.50. The molecule has 0 aliphatic heterocycles. The highest BCUT2D eigenvalue weighted by Gasteiger charge is 2.23. The van der Waals surface area contributed by atoms with E-state index in [9.17, 15) is 4.79 Å². The smallest absolute Gasteiger partial charge is 0.255 e. The van der Waals surface area contributed by atoms with E-state index in [0.29, 0.717) is 23.6 Å². The normalized spacial score (nSPS) is 10.6. The number of carbonyl (C=O) groups is 1. The number of ether oxygens (including phenoxy) is 2. The molecule has 6 heteroatoms. The summed E-state index contributed by atoms with van der Waals surface area (Å²) in [6.45, 7) is 4.51. The van der Waals surface area contributed by atoms with E-state index in [4.69, 9.17) is 9.47 Å². The summed E-state index contributed by atoms with van der Waals surface area (Å²) in [6, 6.07) is 7.45. The van der Waals surface area contributed by atoms with Crippen LogP contribution in [0.25, 0.3) is 0 Å². The van der Waals surface area contributed by atoms with E-state index >= 15 is 0 Å². The van der Waals surface area contributed by atoms with Gasteiger partial charge in [-0.15, -0.1) is 0 Å². The minimum absolute atomic E-state index is 0.0424. The van der Waals surface area contributed by atoms with Gasteiger partial charge in [0.1, 0.15) is 0 Å². The van der Waals surface area contributed by atoms with Crippen molar-refractivity contribution in [3.05, 3.63) is 51.4 Å². The Kier molecular flexibility index (Phi) is 6.42. The number of hydrogen-bond donors (Lipinski definition) is 0. The number of nitrogens with zero attached hydrogens (tertiary/aromatic N) is 2. The number of amides is 1. The molecule has 24 heavy (non-hydrogen) atoms. The quantitative estimate of drug-likeness (QED) is 0.643. The van der Waals surface area contributed by atoms with Crippen LogP contribution in [0, 0.1) is 3.57 Å². The van der Waals surface area contributed by atoms with Crippen LogP contribution < -0.4 is 9.47 Å². The number of hydrogen-bond acceptors (Lipinski definition) is 4. The number of methoxy groups -OCH3 is 2. The monoisotopic (exact) mass is 440 g/mol. The first kappa shape index (κ1) is 18.5. The van der Waals surface area contributed by atoms with Crippen molar-refractivity contribution in [3.63, 3.8) is 0 Å². The van der Waals surface area contributed by atoms with Gasteiger partial charge in [0.2, 0.25) is 0 Å². The van der Waals surface area contributed by atoms with E-state index in [1.807, 2.05) is 36.9 Å². The van der Waals surface area contributed by atoms with Crippen molar-refractivity contribution in [2.45, 2.75) is 26.4 Å². The van der Waals surface area contributed by atoms with Crippen molar-refractivity contribution in [1.29, 1.82) is 0 Å². The Morgan fingerprint density at radius 1 is 1.25 bits per heavy atom. The molecule has 0 saturated heterocycles. The lowest BCUT2D eigenvalue weighted by Gasteiger charge is -2.27. The molecule has 0 aliphatic carbocycles. The molecule has 1 aromatic carbocycles. The van der Waals surface area contributed by atoms with Crippen molar-refractivity contribution in [2.24, 2.45) is 0 Å². The molecule has 1 aromatic heterocycles. The maximum Gasteiger partial charge on any atom is 0.255 e. The van der Waals surface area contributed by atoms with Crippen LogP contribution in [-0.4, -0.2) is 36.1 Å². The Morgan fingerprint density at radius 3 is 2.46 bits per heavy atom. The van der Waals surface area contributed by atoms with E-state index in [-0.39, 0.29) is 11.9 Å². The van der Waals surface area contributed by atoms with Crippen molar-refractivity contribution >= 4 is 28.5 Å². The number of aromatic nitrogens is 1. The van der Waals surface area contributed by atoms with Crippen LogP contribution >= 0.6 is 22.6 Å². The number of benzene rings is 1. The predicted molar refractivity (Wildman–Crippen MR) is 102 cm³/mol. The van der Waals surface area contributed by atoms with Gasteiger partial charge in [-0.05, 0) is 60.2 Å². The second kappa shape index (κ2) is 8.32. The van der Waals surface area contributed by atoms with E-state index in [1.165, 1.54) is 0 Å². The molecule has 1 heterocycles. The Labute approximate surface area is 156 Å². The molecule has 2 aromatic rings. The van der Waals surface area contributed by atoms with Gasteiger partial charge in [-0.2, -0.15) is 0 Å². The van der Waals surface area contributed by atoms with Gasteiger partial charge < -0.3 is 14.4 Å². The third-order valence-corrected chi connectivity index (χ3v) is 4.56. The van der Waals surface area contributed by atoms with Crippen molar-refractivity contribution in [1.82, 2.24) is 9.88 Å². The Hall–Kier alpha value is -1.83. The fraction of sp³-hybridized carbons (Fsp3) is 0.333. The molecule has 1 amide bonds. The summed E-state index contributed by atoms with van der Waals surface area (Å²) >= 11 is 2.15. The first-order valence-corrected chi connectivity index (χ1v) is 8.67. The Bertz CT molecular complexity index is 705. The summed E-state index contributed by atoms with van der Waals surface area (Å²) in [7, 11) is 3.15. The Morgan fingerprint density at radius 2 is 1.92 bits per heavy atom. The van der Waals surface area contributed by atoms with Gasteiger partial charge in [0.25, 0.3) is 5.91 Å². The average molecular weight is 440 g/mol. The molecule has 0 fully saturated rings. The van der Waals surface area contributed by atoms with Gasteiger partial charge in [0.15, 0.2) is 11.5 Å². The zero-order chi connectivity index (χ0) is 17.7. The van der Waals surface area contributed by atoms with Crippen LogP contribution in [0.1, 0.15) is 29.8 Å². The minimum Gasteiger partial charge on any atom is -0.493 e. The molecule has 0 spiro atoms. The van der Waals surface area contributed by atoms with Crippen LogP contribution in [0.4, 0.5) is 0 Å². The van der Waals surface area contributed by atoms with Gasteiger partial charge in [-0.1, -0.05) is 6.07 Å². The van der Waals surface area contributed by atoms with Gasteiger partial charge in [0, 0.05) is 28.6 Å². The molecule has 0 radical (unpaired) electrons. The molecule has 0 saturated carbocycles. The zero-order valence-electron chi connectivity index (χ0n) is 14.2. The SMILES string of the molecule is COc1cc(I)c(C(=O)N(Cc2cccnc2)C(C)C)cc1OC. The molecule has 0 unspecified atom stereocenters. The topological polar surface area (TPSA) is 51.7 Å². The number of carbonyl (C=O) groups excluding carboxylic acids is 1. The lowest BCUT2D eigenvalue weighted by molar-refractivity contribution is 0.0688. The lowest BCUT2D eigenvalue weighted by Crippen LogP contribution is -2.36. The third-order valence-electron chi connectivity index (χ3n) is 3.66. The summed E-state index contributed by atoms with van der Waals surface area (Å²) in [5, 5.41) is 0. The van der Waals surface area contributed by atoms with E-state index < -0.39 is 0 Å². The van der Waals surface area contributed by atoms with Crippen molar-refractivity contribution in [3.8, 4) is 11.5 Å². The van der Waals surface area contributed by atoms with Gasteiger partial charge in [-0.3, -0.25) is 9.78 Å². The molecule has 128 valence electrons. The zero-order valence-corrected chi connectivity index (χ0v) is 16.4. The van der Waals surface area contributed by atoms with Crippen molar-refractivity contribution in [2.75, 3.05) is 14.2 Å². The number of halogens is 1. The second-order valence-electron chi connectivity index (χ2n) is 5.58. The Balaban J connectivity index is 2.36. The minimum atomic E-state index is -0.0424. The van der Waals surface area contributed by atoms with Crippen molar-refractivity contribution < 1.29 is 14.3 Å². The van der Waals surface area contributed by atoms with Crippen LogP contribution in [0.2, 0.25) is 0 Å². The number of rotatable bonds is 6. The summed E-state index contributed by atoms with van der Waals surface area (Å²) in [4.78, 5) is 19.0. The first-order chi connectivity index (χ1) is 11.5. The predicted octanol–water partition coefficient (Wildman–Crippen LogP) is 3.75. The molecule has 0 atom stereocenters. The number of pyridine rings is 1. The molecule has 2 rings (SSSR count). The van der Waals surface area contributed by atoms with Gasteiger partial charge in [-0.25, -0.2) is 0 Å². The first-order valence-electron chi connectivity index (χ1n) is 7.59. The maximum absolute atomic E-state index is 13.1. The van der Waals surface area contributed by atoms with E-state index in [0.717, 1.165) is 9.13 Å². The van der Waals surface area contributed by atoms with Crippen LogP contribution in [-0.2, 0) is 6.54 Å². The lowest BCUT2D eigenvalue weighted by atomic mass is 10.1. The van der Waals surface area contributed by atoms with Crippen LogP contribution in [0.5, 0.6) is 11.5 Å². The largest absolute Gasteiger partial charge is 0.493 e. The molecule has 0 N–H and O–H groups in total.